The van der Waals surface area contributed by atoms with E-state index in [0.29, 0.717) is 0 Å². The first-order chi connectivity index (χ1) is 8.19. The fourth-order valence-electron chi connectivity index (χ4n) is 1.94. The van der Waals surface area contributed by atoms with Crippen LogP contribution in [0.2, 0.25) is 0 Å². The van der Waals surface area contributed by atoms with Gasteiger partial charge in [-0.1, -0.05) is 26.7 Å². The molecule has 4 heteroatoms. The summed E-state index contributed by atoms with van der Waals surface area (Å²) in [4.78, 5) is 10.8. The summed E-state index contributed by atoms with van der Waals surface area (Å²) in [6.07, 6.45) is 9.38. The molecule has 0 fully saturated rings. The molecule has 1 N–H and O–H groups in total. The molecular weight excluding hydrogens is 216 g/mol. The topological polar surface area (TPSA) is 46.1 Å². The second-order valence-electron chi connectivity index (χ2n) is 4.39. The molecule has 0 aliphatic heterocycles. The van der Waals surface area contributed by atoms with E-state index in [1.807, 2.05) is 17.0 Å². The van der Waals surface area contributed by atoms with Crippen LogP contribution in [0.3, 0.4) is 0 Å². The molecule has 0 radical (unpaired) electrons. The van der Waals surface area contributed by atoms with Gasteiger partial charge in [-0.15, -0.1) is 0 Å². The van der Waals surface area contributed by atoms with Gasteiger partial charge in [-0.25, -0.2) is 13.9 Å². The Balaban J connectivity index is 2.80. The lowest BCUT2D eigenvalue weighted by Gasteiger charge is -2.03. The highest BCUT2D eigenvalue weighted by Crippen LogP contribution is 2.04. The first-order valence-corrected chi connectivity index (χ1v) is 6.48. The third kappa shape index (κ3) is 4.21. The average Bonchev–Trinajstić information content (AvgIpc) is 2.65. The number of rotatable bonds is 8. The van der Waals surface area contributed by atoms with Crippen LogP contribution in [-0.2, 0) is 24.3 Å². The highest BCUT2D eigenvalue weighted by Gasteiger charge is 2.17. The monoisotopic (exact) mass is 239 g/mol. The second-order valence-corrected chi connectivity index (χ2v) is 4.39. The van der Waals surface area contributed by atoms with Crippen LogP contribution in [0.5, 0.6) is 0 Å². The number of unbranched alkanes of at least 4 members (excludes halogenated alkanes) is 2. The standard InChI is InChI=1S/C13H22N2O2/c1-3-5-7-12-14(8-6-4-2)9-10-15(12)11-13(16)17/h9-10H,3-8,11H2,1-2H3/p+1. The van der Waals surface area contributed by atoms with Gasteiger partial charge in [-0.05, 0) is 12.8 Å². The maximum Gasteiger partial charge on any atom is 0.346 e. The molecule has 0 saturated heterocycles. The smallest absolute Gasteiger partial charge is 0.346 e. The summed E-state index contributed by atoms with van der Waals surface area (Å²) < 4.78 is 4.05. The molecule has 0 bridgehead atoms. The predicted molar refractivity (Wildman–Crippen MR) is 65.8 cm³/mol. The van der Waals surface area contributed by atoms with Crippen LogP contribution < -0.4 is 4.57 Å². The van der Waals surface area contributed by atoms with Gasteiger partial charge in [0.15, 0.2) is 6.54 Å². The van der Waals surface area contributed by atoms with E-state index >= 15 is 0 Å². The first-order valence-electron chi connectivity index (χ1n) is 6.48. The maximum atomic E-state index is 10.8. The molecule has 0 aliphatic rings. The minimum absolute atomic E-state index is 0.0676. The van der Waals surface area contributed by atoms with Crippen molar-refractivity contribution in [2.24, 2.45) is 0 Å². The maximum absolute atomic E-state index is 10.8. The van der Waals surface area contributed by atoms with Crippen molar-refractivity contribution in [1.82, 2.24) is 4.57 Å². The van der Waals surface area contributed by atoms with Crippen LogP contribution in [0.4, 0.5) is 0 Å². The van der Waals surface area contributed by atoms with Gasteiger partial charge >= 0.3 is 5.97 Å². The van der Waals surface area contributed by atoms with Gasteiger partial charge in [0.1, 0.15) is 12.4 Å². The highest BCUT2D eigenvalue weighted by molar-refractivity contribution is 5.64. The molecule has 96 valence electrons. The molecule has 17 heavy (non-hydrogen) atoms. The van der Waals surface area contributed by atoms with Gasteiger partial charge in [0.05, 0.1) is 6.54 Å². The zero-order valence-electron chi connectivity index (χ0n) is 10.9. The zero-order chi connectivity index (χ0) is 12.7. The van der Waals surface area contributed by atoms with Crippen LogP contribution in [0.1, 0.15) is 45.4 Å². The van der Waals surface area contributed by atoms with Crippen molar-refractivity contribution in [3.8, 4) is 0 Å². The summed E-state index contributed by atoms with van der Waals surface area (Å²) >= 11 is 0. The summed E-state index contributed by atoms with van der Waals surface area (Å²) in [5.41, 5.74) is 0. The molecule has 1 aromatic heterocycles. The molecule has 0 aromatic carbocycles. The molecule has 1 aromatic rings. The van der Waals surface area contributed by atoms with Crippen molar-refractivity contribution >= 4 is 5.97 Å². The Morgan fingerprint density at radius 3 is 2.65 bits per heavy atom. The van der Waals surface area contributed by atoms with Gasteiger partial charge in [0, 0.05) is 6.42 Å². The number of hydrogen-bond acceptors (Lipinski definition) is 1. The van der Waals surface area contributed by atoms with Gasteiger partial charge in [0.2, 0.25) is 0 Å². The van der Waals surface area contributed by atoms with E-state index in [9.17, 15) is 4.79 Å². The summed E-state index contributed by atoms with van der Waals surface area (Å²) in [5, 5.41) is 8.87. The highest BCUT2D eigenvalue weighted by atomic mass is 16.4. The largest absolute Gasteiger partial charge is 0.478 e. The minimum atomic E-state index is -0.777. The van der Waals surface area contributed by atoms with Gasteiger partial charge < -0.3 is 5.11 Å². The van der Waals surface area contributed by atoms with Crippen molar-refractivity contribution in [2.75, 3.05) is 0 Å². The number of imidazole rings is 1. The molecule has 0 atom stereocenters. The van der Waals surface area contributed by atoms with E-state index < -0.39 is 5.97 Å². The Kier molecular flexibility index (Phi) is 5.73. The zero-order valence-corrected chi connectivity index (χ0v) is 10.9. The van der Waals surface area contributed by atoms with Gasteiger partial charge in [-0.2, -0.15) is 0 Å². The molecule has 0 amide bonds. The Hall–Kier alpha value is -1.32. The number of carboxylic acids is 1. The molecule has 4 nitrogen and oxygen atoms in total. The average molecular weight is 239 g/mol. The van der Waals surface area contributed by atoms with Crippen LogP contribution in [0.15, 0.2) is 12.4 Å². The quantitative estimate of drug-likeness (QED) is 0.705. The molecule has 0 spiro atoms. The Morgan fingerprint density at radius 2 is 2.06 bits per heavy atom. The number of aryl methyl sites for hydroxylation is 1. The first kappa shape index (κ1) is 13.7. The van der Waals surface area contributed by atoms with Crippen LogP contribution in [-0.4, -0.2) is 15.6 Å². The lowest BCUT2D eigenvalue weighted by molar-refractivity contribution is -0.692. The molecule has 0 unspecified atom stereocenters. The molecule has 0 aliphatic carbocycles. The van der Waals surface area contributed by atoms with E-state index in [4.69, 9.17) is 5.11 Å². The van der Waals surface area contributed by atoms with E-state index in [2.05, 4.69) is 18.4 Å². The number of nitrogens with zero attached hydrogens (tertiary/aromatic N) is 2. The summed E-state index contributed by atoms with van der Waals surface area (Å²) in [7, 11) is 0. The number of hydrogen-bond donors (Lipinski definition) is 1. The third-order valence-corrected chi connectivity index (χ3v) is 2.90. The van der Waals surface area contributed by atoms with Crippen molar-refractivity contribution in [2.45, 2.75) is 59.0 Å². The number of carboxylic acid groups (broad SMARTS) is 1. The Morgan fingerprint density at radius 1 is 1.35 bits per heavy atom. The predicted octanol–water partition coefficient (Wildman–Crippen LogP) is 2.00. The Labute approximate surface area is 103 Å². The number of aromatic nitrogens is 2. The normalized spacial score (nSPS) is 10.7. The fraction of sp³-hybridized carbons (Fsp3) is 0.692. The van der Waals surface area contributed by atoms with Crippen molar-refractivity contribution in [3.63, 3.8) is 0 Å². The van der Waals surface area contributed by atoms with Crippen molar-refractivity contribution < 1.29 is 14.5 Å². The molecular formula is C13H23N2O2+. The Bertz CT molecular complexity index is 358. The van der Waals surface area contributed by atoms with E-state index in [1.54, 1.807) is 0 Å². The van der Waals surface area contributed by atoms with Crippen molar-refractivity contribution in [3.05, 3.63) is 18.2 Å². The van der Waals surface area contributed by atoms with E-state index in [0.717, 1.165) is 44.5 Å². The van der Waals surface area contributed by atoms with Crippen LogP contribution in [0.25, 0.3) is 0 Å². The van der Waals surface area contributed by atoms with E-state index in [1.165, 1.54) is 0 Å². The molecule has 1 rings (SSSR count). The second kappa shape index (κ2) is 7.09. The third-order valence-electron chi connectivity index (χ3n) is 2.90. The summed E-state index contributed by atoms with van der Waals surface area (Å²) in [5.74, 6) is 0.365. The SMILES string of the molecule is CCCCc1n(CCCC)cc[n+]1CC(=O)O. The molecule has 1 heterocycles. The number of carbonyl (C=O) groups is 1. The van der Waals surface area contributed by atoms with Crippen molar-refractivity contribution in [1.29, 1.82) is 0 Å². The van der Waals surface area contributed by atoms with Crippen LogP contribution in [0, 0.1) is 0 Å². The number of aliphatic carboxylic acids is 1. The summed E-state index contributed by atoms with van der Waals surface area (Å²) in [6, 6.07) is 0. The van der Waals surface area contributed by atoms with Gasteiger partial charge in [0.25, 0.3) is 5.82 Å². The molecule has 0 saturated carbocycles. The fourth-order valence-corrected chi connectivity index (χ4v) is 1.94. The van der Waals surface area contributed by atoms with Gasteiger partial charge in [-0.3, -0.25) is 0 Å². The summed E-state index contributed by atoms with van der Waals surface area (Å²) in [6.45, 7) is 5.38. The lowest BCUT2D eigenvalue weighted by atomic mass is 10.2. The minimum Gasteiger partial charge on any atom is -0.478 e. The lowest BCUT2D eigenvalue weighted by Crippen LogP contribution is -2.40. The van der Waals surface area contributed by atoms with Crippen LogP contribution >= 0.6 is 0 Å². The van der Waals surface area contributed by atoms with E-state index in [-0.39, 0.29) is 6.54 Å².